The molecule has 1 aromatic carbocycles. The number of fused-ring (bicyclic) bond motifs is 1. The van der Waals surface area contributed by atoms with Crippen LogP contribution in [0.15, 0.2) is 24.3 Å². The van der Waals surface area contributed by atoms with Crippen LogP contribution in [0.2, 0.25) is 0 Å². The van der Waals surface area contributed by atoms with E-state index in [-0.39, 0.29) is 17.0 Å². The van der Waals surface area contributed by atoms with Crippen LogP contribution in [0.25, 0.3) is 0 Å². The van der Waals surface area contributed by atoms with E-state index in [1.54, 1.807) is 25.1 Å². The first-order valence-electron chi connectivity index (χ1n) is 10.2. The van der Waals surface area contributed by atoms with Gasteiger partial charge in [0.1, 0.15) is 10.8 Å². The van der Waals surface area contributed by atoms with Crippen molar-refractivity contribution in [1.82, 2.24) is 5.32 Å². The van der Waals surface area contributed by atoms with Gasteiger partial charge in [0.2, 0.25) is 0 Å². The number of esters is 1. The number of hydrogen-bond acceptors (Lipinski definition) is 6. The Morgan fingerprint density at radius 1 is 1.20 bits per heavy atom. The molecule has 1 aliphatic rings. The van der Waals surface area contributed by atoms with Gasteiger partial charge in [-0.05, 0) is 62.5 Å². The van der Waals surface area contributed by atoms with Crippen LogP contribution in [0.1, 0.15) is 64.3 Å². The number of hydrogen-bond donors (Lipinski definition) is 2. The summed E-state index contributed by atoms with van der Waals surface area (Å²) in [5.74, 6) is -0.196. The van der Waals surface area contributed by atoms with Crippen molar-refractivity contribution in [3.05, 3.63) is 45.8 Å². The molecule has 8 heteroatoms. The highest BCUT2D eigenvalue weighted by Gasteiger charge is 2.28. The molecule has 1 aliphatic carbocycles. The molecule has 160 valence electrons. The number of aryl methyl sites for hydroxylation is 1. The van der Waals surface area contributed by atoms with Gasteiger partial charge >= 0.3 is 5.97 Å². The zero-order valence-corrected chi connectivity index (χ0v) is 18.8. The number of anilines is 1. The molecule has 1 heterocycles. The van der Waals surface area contributed by atoms with Gasteiger partial charge in [-0.15, -0.1) is 11.3 Å². The number of benzene rings is 1. The van der Waals surface area contributed by atoms with Crippen molar-refractivity contribution in [2.45, 2.75) is 46.0 Å². The maximum atomic E-state index is 12.8. The Morgan fingerprint density at radius 2 is 2.00 bits per heavy atom. The van der Waals surface area contributed by atoms with Crippen LogP contribution >= 0.6 is 23.6 Å². The minimum Gasteiger partial charge on any atom is -0.493 e. The molecule has 0 saturated carbocycles. The van der Waals surface area contributed by atoms with E-state index in [9.17, 15) is 9.59 Å². The lowest BCUT2D eigenvalue weighted by Gasteiger charge is -2.13. The molecule has 0 spiro atoms. The average Bonchev–Trinajstić information content (AvgIpc) is 3.29. The van der Waals surface area contributed by atoms with Crippen molar-refractivity contribution in [3.8, 4) is 5.75 Å². The van der Waals surface area contributed by atoms with Gasteiger partial charge in [-0.25, -0.2) is 4.79 Å². The Kier molecular flexibility index (Phi) is 7.81. The maximum Gasteiger partial charge on any atom is 0.341 e. The zero-order valence-electron chi connectivity index (χ0n) is 17.2. The highest BCUT2D eigenvalue weighted by molar-refractivity contribution is 7.80. The summed E-state index contributed by atoms with van der Waals surface area (Å²) in [6.45, 7) is 4.71. The van der Waals surface area contributed by atoms with Crippen LogP contribution in [0.4, 0.5) is 5.00 Å². The minimum absolute atomic E-state index is 0.133. The molecule has 30 heavy (non-hydrogen) atoms. The molecule has 3 rings (SSSR count). The normalized spacial score (nSPS) is 12.2. The van der Waals surface area contributed by atoms with Crippen molar-refractivity contribution >= 4 is 45.5 Å². The maximum absolute atomic E-state index is 12.8. The third-order valence-corrected chi connectivity index (χ3v) is 6.15. The molecule has 0 atom stereocenters. The molecular weight excluding hydrogens is 420 g/mol. The summed E-state index contributed by atoms with van der Waals surface area (Å²) in [6.07, 6.45) is 4.74. The Balaban J connectivity index is 1.71. The molecule has 6 nitrogen and oxygen atoms in total. The first-order valence-corrected chi connectivity index (χ1v) is 11.4. The van der Waals surface area contributed by atoms with Crippen LogP contribution in [-0.2, 0) is 17.6 Å². The largest absolute Gasteiger partial charge is 0.493 e. The van der Waals surface area contributed by atoms with Gasteiger partial charge in [0, 0.05) is 4.88 Å². The fourth-order valence-corrected chi connectivity index (χ4v) is 4.86. The van der Waals surface area contributed by atoms with Gasteiger partial charge < -0.3 is 14.8 Å². The summed E-state index contributed by atoms with van der Waals surface area (Å²) in [5.41, 5.74) is 1.98. The second-order valence-electron chi connectivity index (χ2n) is 6.89. The molecule has 0 unspecified atom stereocenters. The van der Waals surface area contributed by atoms with Crippen molar-refractivity contribution in [3.63, 3.8) is 0 Å². The summed E-state index contributed by atoms with van der Waals surface area (Å²) in [6, 6.07) is 7.07. The summed E-state index contributed by atoms with van der Waals surface area (Å²) >= 11 is 6.85. The number of carbonyl (C=O) groups is 2. The van der Waals surface area contributed by atoms with Crippen molar-refractivity contribution in [2.24, 2.45) is 0 Å². The van der Waals surface area contributed by atoms with E-state index in [0.717, 1.165) is 37.7 Å². The highest BCUT2D eigenvalue weighted by Crippen LogP contribution is 2.39. The molecule has 1 aromatic heterocycles. The molecule has 0 bridgehead atoms. The van der Waals surface area contributed by atoms with Crippen molar-refractivity contribution in [2.75, 3.05) is 18.5 Å². The summed E-state index contributed by atoms with van der Waals surface area (Å²) in [5, 5.41) is 6.48. The summed E-state index contributed by atoms with van der Waals surface area (Å²) in [7, 11) is 0. The Hall–Kier alpha value is -2.45. The van der Waals surface area contributed by atoms with Gasteiger partial charge in [0.05, 0.1) is 24.3 Å². The predicted molar refractivity (Wildman–Crippen MR) is 123 cm³/mol. The fourth-order valence-electron chi connectivity index (χ4n) is 3.32. The fraction of sp³-hybridized carbons (Fsp3) is 0.409. The quantitative estimate of drug-likeness (QED) is 0.347. The highest BCUT2D eigenvalue weighted by atomic mass is 32.1. The number of para-hydroxylation sites is 1. The Labute approximate surface area is 186 Å². The molecule has 2 N–H and O–H groups in total. The lowest BCUT2D eigenvalue weighted by Crippen LogP contribution is -2.34. The number of thiophene rings is 1. The van der Waals surface area contributed by atoms with Gasteiger partial charge in [0.25, 0.3) is 5.91 Å². The van der Waals surface area contributed by atoms with Crippen molar-refractivity contribution in [1.29, 1.82) is 0 Å². The number of unbranched alkanes of at least 4 members (excludes halogenated alkanes) is 1. The summed E-state index contributed by atoms with van der Waals surface area (Å²) in [4.78, 5) is 26.4. The minimum atomic E-state index is -0.360. The predicted octanol–water partition coefficient (Wildman–Crippen LogP) is 4.72. The van der Waals surface area contributed by atoms with Crippen LogP contribution < -0.4 is 15.4 Å². The molecule has 0 aliphatic heterocycles. The SMILES string of the molecule is CCCCOc1ccccc1C(=O)NC(=S)Nc1sc2c(c1C(=O)OCC)CCC2. The Bertz CT molecular complexity index is 939. The van der Waals surface area contributed by atoms with Gasteiger partial charge in [0.15, 0.2) is 5.11 Å². The molecule has 0 radical (unpaired) electrons. The van der Waals surface area contributed by atoms with Gasteiger partial charge in [-0.1, -0.05) is 25.5 Å². The van der Waals surface area contributed by atoms with E-state index in [1.165, 1.54) is 16.2 Å². The monoisotopic (exact) mass is 446 g/mol. The standard InChI is InChI=1S/C22H26N2O4S2/c1-3-5-13-28-16-11-7-6-9-14(16)19(25)23-22(29)24-20-18(21(26)27-4-2)15-10-8-12-17(15)30-20/h6-7,9,11H,3-5,8,10,12-13H2,1-2H3,(H2,23,24,25,29). The van der Waals surface area contributed by atoms with Crippen LogP contribution in [-0.4, -0.2) is 30.2 Å². The second kappa shape index (κ2) is 10.5. The molecule has 0 saturated heterocycles. The summed E-state index contributed by atoms with van der Waals surface area (Å²) < 4.78 is 11.0. The molecule has 1 amide bonds. The molecule has 2 aromatic rings. The third-order valence-electron chi connectivity index (χ3n) is 4.74. The van der Waals surface area contributed by atoms with E-state index in [4.69, 9.17) is 21.7 Å². The Morgan fingerprint density at radius 3 is 2.77 bits per heavy atom. The van der Waals surface area contributed by atoms with E-state index in [2.05, 4.69) is 17.6 Å². The third kappa shape index (κ3) is 5.17. The van der Waals surface area contributed by atoms with Gasteiger partial charge in [-0.2, -0.15) is 0 Å². The number of thiocarbonyl (C=S) groups is 1. The topological polar surface area (TPSA) is 76.7 Å². The smallest absolute Gasteiger partial charge is 0.341 e. The van der Waals surface area contributed by atoms with Crippen LogP contribution in [0.5, 0.6) is 5.75 Å². The van der Waals surface area contributed by atoms with E-state index in [1.807, 2.05) is 6.07 Å². The number of ether oxygens (including phenoxy) is 2. The first kappa shape index (κ1) is 22.2. The first-order chi connectivity index (χ1) is 14.5. The number of nitrogens with one attached hydrogen (secondary N) is 2. The lowest BCUT2D eigenvalue weighted by atomic mass is 10.1. The number of rotatable bonds is 8. The number of amides is 1. The average molecular weight is 447 g/mol. The van der Waals surface area contributed by atoms with E-state index in [0.29, 0.717) is 35.1 Å². The van der Waals surface area contributed by atoms with E-state index < -0.39 is 0 Å². The lowest BCUT2D eigenvalue weighted by molar-refractivity contribution is 0.0527. The van der Waals surface area contributed by atoms with Crippen LogP contribution in [0.3, 0.4) is 0 Å². The van der Waals surface area contributed by atoms with Crippen LogP contribution in [0, 0.1) is 0 Å². The molecular formula is C22H26N2O4S2. The van der Waals surface area contributed by atoms with Gasteiger partial charge in [-0.3, -0.25) is 10.1 Å². The zero-order chi connectivity index (χ0) is 21.5. The second-order valence-corrected chi connectivity index (χ2v) is 8.40. The number of carbonyl (C=O) groups excluding carboxylic acids is 2. The van der Waals surface area contributed by atoms with E-state index >= 15 is 0 Å². The van der Waals surface area contributed by atoms with Crippen molar-refractivity contribution < 1.29 is 19.1 Å². The molecule has 0 fully saturated rings.